The van der Waals surface area contributed by atoms with Crippen molar-refractivity contribution in [2.45, 2.75) is 39.2 Å². The smallest absolute Gasteiger partial charge is 0.140 e. The molecule has 1 aromatic carbocycles. The Morgan fingerprint density at radius 3 is 2.60 bits per heavy atom. The molecule has 0 atom stereocenters. The second kappa shape index (κ2) is 6.89. The Balaban J connectivity index is 1.82. The van der Waals surface area contributed by atoms with Gasteiger partial charge in [-0.15, -0.1) is 0 Å². The predicted molar refractivity (Wildman–Crippen MR) is 104 cm³/mol. The van der Waals surface area contributed by atoms with Gasteiger partial charge in [0.05, 0.1) is 11.4 Å². The molecule has 4 rings (SSSR count). The average Bonchev–Trinajstić information content (AvgIpc) is 2.78. The number of fused-ring (bicyclic) bond motifs is 1. The van der Waals surface area contributed by atoms with Crippen molar-refractivity contribution in [3.63, 3.8) is 0 Å². The lowest BCUT2D eigenvalue weighted by Crippen LogP contribution is -2.25. The standard InChI is InChI=1S/C21H26N4/c1-16-8-7-13-25-19(15-24-11-4-2-3-5-12-24)20(23-21(16)25)17-9-6-10-18(22)14-17/h6-10,13-14H,2-5,11-12,15,22H2,1H3. The first-order valence-electron chi connectivity index (χ1n) is 9.27. The largest absolute Gasteiger partial charge is 0.399 e. The Kier molecular flexibility index (Phi) is 4.45. The highest BCUT2D eigenvalue weighted by molar-refractivity contribution is 5.70. The summed E-state index contributed by atoms with van der Waals surface area (Å²) in [4.78, 5) is 7.57. The highest BCUT2D eigenvalue weighted by Crippen LogP contribution is 2.28. The molecular weight excluding hydrogens is 308 g/mol. The molecule has 4 nitrogen and oxygen atoms in total. The molecule has 0 saturated carbocycles. The van der Waals surface area contributed by atoms with E-state index in [-0.39, 0.29) is 0 Å². The van der Waals surface area contributed by atoms with Crippen LogP contribution in [0.4, 0.5) is 5.69 Å². The number of nitrogen functional groups attached to an aromatic ring is 1. The summed E-state index contributed by atoms with van der Waals surface area (Å²) in [6.07, 6.45) is 7.43. The quantitative estimate of drug-likeness (QED) is 0.728. The molecule has 1 aliphatic rings. The van der Waals surface area contributed by atoms with Crippen molar-refractivity contribution in [1.29, 1.82) is 0 Å². The van der Waals surface area contributed by atoms with Gasteiger partial charge >= 0.3 is 0 Å². The van der Waals surface area contributed by atoms with Gasteiger partial charge in [-0.3, -0.25) is 4.90 Å². The molecule has 1 saturated heterocycles. The Hall–Kier alpha value is -2.33. The van der Waals surface area contributed by atoms with Crippen molar-refractivity contribution < 1.29 is 0 Å². The zero-order valence-electron chi connectivity index (χ0n) is 14.9. The van der Waals surface area contributed by atoms with E-state index in [9.17, 15) is 0 Å². The van der Waals surface area contributed by atoms with Crippen LogP contribution in [-0.4, -0.2) is 27.4 Å². The lowest BCUT2D eigenvalue weighted by atomic mass is 10.1. The second-order valence-corrected chi connectivity index (χ2v) is 7.11. The highest BCUT2D eigenvalue weighted by Gasteiger charge is 2.19. The molecule has 0 aliphatic carbocycles. The third-order valence-electron chi connectivity index (χ3n) is 5.18. The topological polar surface area (TPSA) is 46.6 Å². The van der Waals surface area contributed by atoms with Crippen LogP contribution in [-0.2, 0) is 6.54 Å². The summed E-state index contributed by atoms with van der Waals surface area (Å²) >= 11 is 0. The third-order valence-corrected chi connectivity index (χ3v) is 5.18. The minimum absolute atomic E-state index is 0.784. The van der Waals surface area contributed by atoms with Gasteiger partial charge in [-0.25, -0.2) is 4.98 Å². The molecule has 3 aromatic rings. The molecule has 2 aromatic heterocycles. The maximum Gasteiger partial charge on any atom is 0.140 e. The van der Waals surface area contributed by atoms with Crippen molar-refractivity contribution >= 4 is 11.3 Å². The number of rotatable bonds is 3. The number of imidazole rings is 1. The third kappa shape index (κ3) is 3.27. The van der Waals surface area contributed by atoms with Gasteiger partial charge in [0.1, 0.15) is 5.65 Å². The molecule has 3 heterocycles. The van der Waals surface area contributed by atoms with Crippen molar-refractivity contribution in [2.75, 3.05) is 18.8 Å². The zero-order chi connectivity index (χ0) is 17.2. The molecule has 0 bridgehead atoms. The minimum Gasteiger partial charge on any atom is -0.399 e. The first kappa shape index (κ1) is 16.2. The number of nitrogens with two attached hydrogens (primary N) is 1. The van der Waals surface area contributed by atoms with Gasteiger partial charge in [-0.05, 0) is 56.6 Å². The van der Waals surface area contributed by atoms with Gasteiger partial charge in [-0.1, -0.05) is 31.0 Å². The first-order chi connectivity index (χ1) is 12.2. The van der Waals surface area contributed by atoms with E-state index in [1.165, 1.54) is 50.0 Å². The van der Waals surface area contributed by atoms with Crippen LogP contribution in [0, 0.1) is 6.92 Å². The van der Waals surface area contributed by atoms with Gasteiger partial charge in [0.2, 0.25) is 0 Å². The summed E-state index contributed by atoms with van der Waals surface area (Å²) in [6, 6.07) is 12.3. The van der Waals surface area contributed by atoms with Crippen LogP contribution in [0.15, 0.2) is 42.6 Å². The van der Waals surface area contributed by atoms with Crippen LogP contribution in [0.1, 0.15) is 36.9 Å². The van der Waals surface area contributed by atoms with Crippen LogP contribution in [0.2, 0.25) is 0 Å². The van der Waals surface area contributed by atoms with Gasteiger partial charge in [-0.2, -0.15) is 0 Å². The zero-order valence-corrected chi connectivity index (χ0v) is 14.9. The first-order valence-corrected chi connectivity index (χ1v) is 9.27. The van der Waals surface area contributed by atoms with Crippen LogP contribution < -0.4 is 5.73 Å². The van der Waals surface area contributed by atoms with E-state index in [2.05, 4.69) is 40.6 Å². The summed E-state index contributed by atoms with van der Waals surface area (Å²) in [5.74, 6) is 0. The SMILES string of the molecule is Cc1cccn2c(CN3CCCCCC3)c(-c3cccc(N)c3)nc12. The maximum atomic E-state index is 6.03. The van der Waals surface area contributed by atoms with E-state index in [4.69, 9.17) is 10.7 Å². The average molecular weight is 334 g/mol. The molecule has 1 aliphatic heterocycles. The van der Waals surface area contributed by atoms with Crippen LogP contribution in [0.3, 0.4) is 0 Å². The van der Waals surface area contributed by atoms with Gasteiger partial charge < -0.3 is 10.1 Å². The Bertz CT molecular complexity index is 873. The number of likely N-dealkylation sites (tertiary alicyclic amines) is 1. The molecular formula is C21H26N4. The fourth-order valence-electron chi connectivity index (χ4n) is 3.83. The number of aryl methyl sites for hydroxylation is 1. The normalized spacial score (nSPS) is 16.2. The summed E-state index contributed by atoms with van der Waals surface area (Å²) in [6.45, 7) is 5.42. The van der Waals surface area contributed by atoms with Gasteiger partial charge in [0, 0.05) is 24.0 Å². The molecule has 2 N–H and O–H groups in total. The lowest BCUT2D eigenvalue weighted by molar-refractivity contribution is 0.273. The molecule has 0 radical (unpaired) electrons. The number of hydrogen-bond acceptors (Lipinski definition) is 3. The molecule has 0 spiro atoms. The monoisotopic (exact) mass is 334 g/mol. The molecule has 130 valence electrons. The number of aromatic nitrogens is 2. The molecule has 25 heavy (non-hydrogen) atoms. The predicted octanol–water partition coefficient (Wildman–Crippen LogP) is 4.27. The second-order valence-electron chi connectivity index (χ2n) is 7.11. The Labute approximate surface area is 149 Å². The maximum absolute atomic E-state index is 6.03. The van der Waals surface area contributed by atoms with Gasteiger partial charge in [0.15, 0.2) is 0 Å². The van der Waals surface area contributed by atoms with Crippen molar-refractivity contribution in [2.24, 2.45) is 0 Å². The van der Waals surface area contributed by atoms with Crippen molar-refractivity contribution in [1.82, 2.24) is 14.3 Å². The number of anilines is 1. The fourth-order valence-corrected chi connectivity index (χ4v) is 3.83. The van der Waals surface area contributed by atoms with E-state index in [0.29, 0.717) is 0 Å². The summed E-state index contributed by atoms with van der Waals surface area (Å²) in [5.41, 5.74) is 12.5. The summed E-state index contributed by atoms with van der Waals surface area (Å²) in [7, 11) is 0. The number of pyridine rings is 1. The van der Waals surface area contributed by atoms with E-state index in [0.717, 1.165) is 29.1 Å². The number of benzene rings is 1. The highest BCUT2D eigenvalue weighted by atomic mass is 15.2. The number of hydrogen-bond donors (Lipinski definition) is 1. The van der Waals surface area contributed by atoms with Crippen molar-refractivity contribution in [3.05, 3.63) is 53.9 Å². The van der Waals surface area contributed by atoms with Crippen LogP contribution >= 0.6 is 0 Å². The van der Waals surface area contributed by atoms with E-state index in [1.54, 1.807) is 0 Å². The summed E-state index contributed by atoms with van der Waals surface area (Å²) in [5, 5.41) is 0. The fraction of sp³-hybridized carbons (Fsp3) is 0.381. The lowest BCUT2D eigenvalue weighted by Gasteiger charge is -2.20. The minimum atomic E-state index is 0.784. The molecule has 1 fully saturated rings. The van der Waals surface area contributed by atoms with Gasteiger partial charge in [0.25, 0.3) is 0 Å². The van der Waals surface area contributed by atoms with E-state index >= 15 is 0 Å². The van der Waals surface area contributed by atoms with Crippen LogP contribution in [0.5, 0.6) is 0 Å². The Morgan fingerprint density at radius 1 is 1.04 bits per heavy atom. The van der Waals surface area contributed by atoms with Crippen molar-refractivity contribution in [3.8, 4) is 11.3 Å². The van der Waals surface area contributed by atoms with E-state index < -0.39 is 0 Å². The van der Waals surface area contributed by atoms with Crippen LogP contribution in [0.25, 0.3) is 16.9 Å². The molecule has 0 amide bonds. The summed E-state index contributed by atoms with van der Waals surface area (Å²) < 4.78 is 2.26. The molecule has 4 heteroatoms. The Morgan fingerprint density at radius 2 is 1.84 bits per heavy atom. The number of nitrogens with zero attached hydrogens (tertiary/aromatic N) is 3. The molecule has 0 unspecified atom stereocenters. The van der Waals surface area contributed by atoms with E-state index in [1.807, 2.05) is 18.2 Å².